The molecule has 6 nitrogen and oxygen atoms in total. The molecule has 1 amide bonds. The summed E-state index contributed by atoms with van der Waals surface area (Å²) in [5.41, 5.74) is 1.12. The van der Waals surface area contributed by atoms with Gasteiger partial charge in [-0.3, -0.25) is 9.36 Å². The second-order valence-corrected chi connectivity index (χ2v) is 6.18. The predicted octanol–water partition coefficient (Wildman–Crippen LogP) is 2.98. The fourth-order valence-electron chi connectivity index (χ4n) is 2.26. The quantitative estimate of drug-likeness (QED) is 0.497. The highest BCUT2D eigenvalue weighted by atomic mass is 32.2. The number of amides is 1. The molecule has 0 atom stereocenters. The maximum absolute atomic E-state index is 11.8. The van der Waals surface area contributed by atoms with Crippen LogP contribution in [0.5, 0.6) is 0 Å². The first-order valence-corrected chi connectivity index (χ1v) is 8.78. The number of furan rings is 1. The molecule has 0 aliphatic carbocycles. The van der Waals surface area contributed by atoms with E-state index in [2.05, 4.69) is 22.1 Å². The molecule has 1 aromatic carbocycles. The molecule has 0 saturated carbocycles. The average molecular weight is 354 g/mol. The summed E-state index contributed by atoms with van der Waals surface area (Å²) in [6, 6.07) is 13.7. The van der Waals surface area contributed by atoms with Crippen LogP contribution in [-0.2, 0) is 11.3 Å². The van der Waals surface area contributed by atoms with Gasteiger partial charge in [0.2, 0.25) is 11.7 Å². The summed E-state index contributed by atoms with van der Waals surface area (Å²) >= 11 is 1.34. The Kier molecular flexibility index (Phi) is 5.69. The van der Waals surface area contributed by atoms with E-state index in [0.29, 0.717) is 29.8 Å². The summed E-state index contributed by atoms with van der Waals surface area (Å²) in [5, 5.41) is 11.9. The highest BCUT2D eigenvalue weighted by Crippen LogP contribution is 2.25. The second kappa shape index (κ2) is 8.34. The van der Waals surface area contributed by atoms with Crippen LogP contribution in [0.1, 0.15) is 5.56 Å². The van der Waals surface area contributed by atoms with Crippen LogP contribution in [0.2, 0.25) is 0 Å². The maximum atomic E-state index is 11.8. The summed E-state index contributed by atoms with van der Waals surface area (Å²) in [6.45, 7) is 4.64. The van der Waals surface area contributed by atoms with Crippen LogP contribution < -0.4 is 5.32 Å². The topological polar surface area (TPSA) is 73.0 Å². The Morgan fingerprint density at radius 1 is 1.24 bits per heavy atom. The van der Waals surface area contributed by atoms with Gasteiger partial charge in [-0.05, 0) is 17.7 Å². The van der Waals surface area contributed by atoms with Crippen LogP contribution in [0.3, 0.4) is 0 Å². The first-order chi connectivity index (χ1) is 12.3. The van der Waals surface area contributed by atoms with Crippen molar-refractivity contribution in [3.8, 4) is 11.6 Å². The lowest BCUT2D eigenvalue weighted by molar-refractivity contribution is -0.118. The van der Waals surface area contributed by atoms with Gasteiger partial charge in [0, 0.05) is 6.54 Å². The first-order valence-electron chi connectivity index (χ1n) is 7.79. The van der Waals surface area contributed by atoms with Gasteiger partial charge in [-0.15, -0.1) is 16.8 Å². The summed E-state index contributed by atoms with van der Waals surface area (Å²) in [7, 11) is 0. The van der Waals surface area contributed by atoms with Crippen LogP contribution in [0.25, 0.3) is 11.6 Å². The molecule has 1 N–H and O–H groups in total. The van der Waals surface area contributed by atoms with Crippen molar-refractivity contribution in [1.29, 1.82) is 0 Å². The number of thioether (sulfide) groups is 1. The number of carbonyl (C=O) groups excluding carboxylic acids is 1. The van der Waals surface area contributed by atoms with Gasteiger partial charge in [0.25, 0.3) is 0 Å². The minimum absolute atomic E-state index is 0.0706. The van der Waals surface area contributed by atoms with Crippen LogP contribution >= 0.6 is 11.8 Å². The number of hydrogen-bond acceptors (Lipinski definition) is 5. The monoisotopic (exact) mass is 354 g/mol. The molecule has 128 valence electrons. The van der Waals surface area contributed by atoms with Crippen LogP contribution in [0.4, 0.5) is 0 Å². The Balaban J connectivity index is 1.82. The van der Waals surface area contributed by atoms with Crippen molar-refractivity contribution in [3.05, 3.63) is 66.9 Å². The maximum Gasteiger partial charge on any atom is 0.230 e. The Labute approximate surface area is 150 Å². The molecule has 25 heavy (non-hydrogen) atoms. The van der Waals surface area contributed by atoms with Gasteiger partial charge in [-0.1, -0.05) is 48.2 Å². The molecular weight excluding hydrogens is 336 g/mol. The second-order valence-electron chi connectivity index (χ2n) is 5.24. The molecule has 7 heteroatoms. The smallest absolute Gasteiger partial charge is 0.230 e. The third-order valence-electron chi connectivity index (χ3n) is 3.42. The molecule has 0 aliphatic heterocycles. The Hall–Kier alpha value is -2.80. The molecule has 0 unspecified atom stereocenters. The number of benzene rings is 1. The molecule has 3 rings (SSSR count). The minimum Gasteiger partial charge on any atom is -0.461 e. The molecule has 3 aromatic rings. The van der Waals surface area contributed by atoms with E-state index in [4.69, 9.17) is 4.42 Å². The summed E-state index contributed by atoms with van der Waals surface area (Å²) in [5.74, 6) is 1.48. The lowest BCUT2D eigenvalue weighted by Gasteiger charge is -2.09. The molecule has 0 fully saturated rings. The van der Waals surface area contributed by atoms with Crippen molar-refractivity contribution in [3.63, 3.8) is 0 Å². The standard InChI is InChI=1S/C18H18N4O2S/c1-2-10-19-16(23)13-25-18-21-20-17(15-9-6-11-24-15)22(18)12-14-7-4-3-5-8-14/h2-9,11H,1,10,12-13H2,(H,19,23). The summed E-state index contributed by atoms with van der Waals surface area (Å²) < 4.78 is 7.42. The fourth-order valence-corrected chi connectivity index (χ4v) is 3.03. The van der Waals surface area contributed by atoms with Gasteiger partial charge in [-0.25, -0.2) is 0 Å². The van der Waals surface area contributed by atoms with E-state index in [1.54, 1.807) is 12.3 Å². The SMILES string of the molecule is C=CCNC(=O)CSc1nnc(-c2ccco2)n1Cc1ccccc1. The highest BCUT2D eigenvalue weighted by molar-refractivity contribution is 7.99. The Morgan fingerprint density at radius 2 is 2.08 bits per heavy atom. The van der Waals surface area contributed by atoms with Crippen LogP contribution in [0, 0.1) is 0 Å². The minimum atomic E-state index is -0.0706. The van der Waals surface area contributed by atoms with Crippen molar-refractivity contribution in [2.24, 2.45) is 0 Å². The molecular formula is C18H18N4O2S. The summed E-state index contributed by atoms with van der Waals surface area (Å²) in [6.07, 6.45) is 3.25. The van der Waals surface area contributed by atoms with E-state index in [9.17, 15) is 4.79 Å². The zero-order chi connectivity index (χ0) is 17.5. The van der Waals surface area contributed by atoms with Gasteiger partial charge in [0.05, 0.1) is 18.6 Å². The molecule has 0 radical (unpaired) electrons. The van der Waals surface area contributed by atoms with Crippen molar-refractivity contribution < 1.29 is 9.21 Å². The fraction of sp³-hybridized carbons (Fsp3) is 0.167. The number of aromatic nitrogens is 3. The zero-order valence-corrected chi connectivity index (χ0v) is 14.4. The van der Waals surface area contributed by atoms with E-state index >= 15 is 0 Å². The first kappa shape index (κ1) is 17.0. The third-order valence-corrected chi connectivity index (χ3v) is 4.38. The van der Waals surface area contributed by atoms with Gasteiger partial charge < -0.3 is 9.73 Å². The average Bonchev–Trinajstić information content (AvgIpc) is 3.29. The van der Waals surface area contributed by atoms with E-state index < -0.39 is 0 Å². The lowest BCUT2D eigenvalue weighted by Crippen LogP contribution is -2.25. The van der Waals surface area contributed by atoms with Gasteiger partial charge in [0.15, 0.2) is 10.9 Å². The molecule has 0 aliphatic rings. The molecule has 2 aromatic heterocycles. The zero-order valence-electron chi connectivity index (χ0n) is 13.6. The van der Waals surface area contributed by atoms with E-state index in [-0.39, 0.29) is 11.7 Å². The summed E-state index contributed by atoms with van der Waals surface area (Å²) in [4.78, 5) is 11.8. The van der Waals surface area contributed by atoms with Gasteiger partial charge >= 0.3 is 0 Å². The third kappa shape index (κ3) is 4.39. The largest absolute Gasteiger partial charge is 0.461 e. The van der Waals surface area contributed by atoms with Crippen molar-refractivity contribution in [2.45, 2.75) is 11.7 Å². The van der Waals surface area contributed by atoms with E-state index in [1.807, 2.05) is 47.0 Å². The number of hydrogen-bond donors (Lipinski definition) is 1. The lowest BCUT2D eigenvalue weighted by atomic mass is 10.2. The predicted molar refractivity (Wildman–Crippen MR) is 97.2 cm³/mol. The Bertz CT molecular complexity index is 828. The van der Waals surface area contributed by atoms with Gasteiger partial charge in [-0.2, -0.15) is 0 Å². The molecule has 0 bridgehead atoms. The van der Waals surface area contributed by atoms with E-state index in [1.165, 1.54) is 11.8 Å². The molecule has 2 heterocycles. The number of carbonyl (C=O) groups is 1. The number of nitrogens with zero attached hydrogens (tertiary/aromatic N) is 3. The van der Waals surface area contributed by atoms with Crippen LogP contribution in [0.15, 0.2) is 71.0 Å². The van der Waals surface area contributed by atoms with Crippen molar-refractivity contribution in [2.75, 3.05) is 12.3 Å². The molecule has 0 spiro atoms. The van der Waals surface area contributed by atoms with Crippen molar-refractivity contribution in [1.82, 2.24) is 20.1 Å². The Morgan fingerprint density at radius 3 is 2.80 bits per heavy atom. The van der Waals surface area contributed by atoms with Crippen LogP contribution in [-0.4, -0.2) is 33.0 Å². The number of nitrogens with one attached hydrogen (secondary N) is 1. The number of rotatable bonds is 8. The van der Waals surface area contributed by atoms with E-state index in [0.717, 1.165) is 5.56 Å². The van der Waals surface area contributed by atoms with Gasteiger partial charge in [0.1, 0.15) is 0 Å². The highest BCUT2D eigenvalue weighted by Gasteiger charge is 2.17. The van der Waals surface area contributed by atoms with Crippen molar-refractivity contribution >= 4 is 17.7 Å². The normalized spacial score (nSPS) is 10.6. The molecule has 0 saturated heterocycles.